The summed E-state index contributed by atoms with van der Waals surface area (Å²) in [6, 6.07) is 7.30. The highest BCUT2D eigenvalue weighted by Gasteiger charge is 2.16. The van der Waals surface area contributed by atoms with E-state index < -0.39 is 0 Å². The van der Waals surface area contributed by atoms with Gasteiger partial charge >= 0.3 is 0 Å². The van der Waals surface area contributed by atoms with Gasteiger partial charge in [-0.2, -0.15) is 0 Å². The number of benzene rings is 1. The molecule has 0 unspecified atom stereocenters. The molecule has 2 N–H and O–H groups in total. The van der Waals surface area contributed by atoms with Crippen LogP contribution >= 0.6 is 11.6 Å². The van der Waals surface area contributed by atoms with Crippen molar-refractivity contribution in [3.63, 3.8) is 0 Å². The van der Waals surface area contributed by atoms with Crippen molar-refractivity contribution in [2.45, 2.75) is 0 Å². The summed E-state index contributed by atoms with van der Waals surface area (Å²) in [4.78, 5) is 32.8. The van der Waals surface area contributed by atoms with Gasteiger partial charge in [0.2, 0.25) is 5.95 Å². The van der Waals surface area contributed by atoms with Crippen molar-refractivity contribution in [2.75, 3.05) is 39.5 Å². The molecule has 0 aliphatic carbocycles. The van der Waals surface area contributed by atoms with Gasteiger partial charge in [0.15, 0.2) is 0 Å². The SMILES string of the molecule is CN(C)CCN(C)C(=O)c1cc2cc(Nc3nccc(-c4cn(C)cn4)n3)cc(Cl)c2[nH]1. The molecule has 4 aromatic rings. The molecule has 0 fully saturated rings. The summed E-state index contributed by atoms with van der Waals surface area (Å²) in [5.41, 5.74) is 3.40. The van der Waals surface area contributed by atoms with Gasteiger partial charge in [-0.1, -0.05) is 11.6 Å². The zero-order chi connectivity index (χ0) is 22.8. The first-order valence-electron chi connectivity index (χ1n) is 10.1. The fraction of sp³-hybridized carbons (Fsp3) is 0.273. The third-order valence-corrected chi connectivity index (χ3v) is 5.32. The minimum Gasteiger partial charge on any atom is -0.349 e. The number of hydrogen-bond donors (Lipinski definition) is 2. The molecule has 3 aromatic heterocycles. The number of amides is 1. The fourth-order valence-electron chi connectivity index (χ4n) is 3.28. The zero-order valence-corrected chi connectivity index (χ0v) is 19.2. The van der Waals surface area contributed by atoms with E-state index in [2.05, 4.69) is 25.3 Å². The first kappa shape index (κ1) is 21.8. The Bertz CT molecular complexity index is 1260. The van der Waals surface area contributed by atoms with Crippen LogP contribution in [0.2, 0.25) is 5.02 Å². The number of nitrogens with one attached hydrogen (secondary N) is 2. The summed E-state index contributed by atoms with van der Waals surface area (Å²) < 4.78 is 1.86. The van der Waals surface area contributed by atoms with Crippen LogP contribution in [0.1, 0.15) is 10.5 Å². The number of nitrogens with zero attached hydrogens (tertiary/aromatic N) is 6. The number of carbonyl (C=O) groups excluding carboxylic acids is 1. The second kappa shape index (κ2) is 8.97. The van der Waals surface area contributed by atoms with Crippen molar-refractivity contribution >= 4 is 40.0 Å². The van der Waals surface area contributed by atoms with Gasteiger partial charge in [0.25, 0.3) is 5.91 Å². The molecule has 3 heterocycles. The first-order chi connectivity index (χ1) is 15.3. The molecule has 0 saturated carbocycles. The molecular formula is C22H25ClN8O. The van der Waals surface area contributed by atoms with Gasteiger partial charge in [0, 0.05) is 50.7 Å². The van der Waals surface area contributed by atoms with E-state index in [4.69, 9.17) is 11.6 Å². The van der Waals surface area contributed by atoms with Crippen LogP contribution in [0.4, 0.5) is 11.6 Å². The molecule has 4 rings (SSSR count). The molecule has 9 nitrogen and oxygen atoms in total. The van der Waals surface area contributed by atoms with Crippen LogP contribution < -0.4 is 5.32 Å². The molecule has 1 amide bonds. The number of aromatic nitrogens is 5. The van der Waals surface area contributed by atoms with E-state index in [0.29, 0.717) is 34.4 Å². The summed E-state index contributed by atoms with van der Waals surface area (Å²) in [6.07, 6.45) is 5.29. The van der Waals surface area contributed by atoms with Crippen LogP contribution in [0.5, 0.6) is 0 Å². The molecule has 32 heavy (non-hydrogen) atoms. The van der Waals surface area contributed by atoms with Gasteiger partial charge in [-0.15, -0.1) is 0 Å². The minimum absolute atomic E-state index is 0.0833. The average Bonchev–Trinajstić information content (AvgIpc) is 3.38. The third kappa shape index (κ3) is 4.74. The summed E-state index contributed by atoms with van der Waals surface area (Å²) >= 11 is 6.50. The van der Waals surface area contributed by atoms with Gasteiger partial charge in [0.05, 0.1) is 22.6 Å². The van der Waals surface area contributed by atoms with Gasteiger partial charge in [-0.3, -0.25) is 4.79 Å². The summed E-state index contributed by atoms with van der Waals surface area (Å²) in [7, 11) is 7.65. The van der Waals surface area contributed by atoms with Crippen LogP contribution in [0, 0.1) is 0 Å². The van der Waals surface area contributed by atoms with Crippen molar-refractivity contribution in [3.8, 4) is 11.4 Å². The largest absolute Gasteiger partial charge is 0.349 e. The molecule has 0 aliphatic rings. The lowest BCUT2D eigenvalue weighted by Crippen LogP contribution is -2.33. The second-order valence-electron chi connectivity index (χ2n) is 7.95. The standard InChI is InChI=1S/C22H25ClN8O/c1-29(2)7-8-31(4)21(32)18-10-14-9-15(11-16(23)20(14)27-18)26-22-24-6-5-17(28-22)19-12-30(3)13-25-19/h5-6,9-13,27H,7-8H2,1-4H3,(H,24,26,28). The fourth-order valence-corrected chi connectivity index (χ4v) is 3.55. The van der Waals surface area contributed by atoms with Crippen molar-refractivity contribution in [2.24, 2.45) is 7.05 Å². The Morgan fingerprint density at radius 1 is 1.16 bits per heavy atom. The van der Waals surface area contributed by atoms with E-state index in [-0.39, 0.29) is 5.91 Å². The Morgan fingerprint density at radius 2 is 1.97 bits per heavy atom. The summed E-state index contributed by atoms with van der Waals surface area (Å²) in [5.74, 6) is 0.346. The number of anilines is 2. The molecule has 0 saturated heterocycles. The molecule has 0 atom stereocenters. The lowest BCUT2D eigenvalue weighted by Gasteiger charge is -2.18. The molecule has 0 bridgehead atoms. The maximum Gasteiger partial charge on any atom is 0.270 e. The number of likely N-dealkylation sites (N-methyl/N-ethyl adjacent to an activating group) is 2. The van der Waals surface area contributed by atoms with Crippen LogP contribution in [0.15, 0.2) is 43.0 Å². The smallest absolute Gasteiger partial charge is 0.270 e. The normalized spacial score (nSPS) is 11.3. The van der Waals surface area contributed by atoms with E-state index in [1.54, 1.807) is 36.6 Å². The van der Waals surface area contributed by atoms with E-state index in [1.807, 2.05) is 48.9 Å². The van der Waals surface area contributed by atoms with E-state index in [9.17, 15) is 4.79 Å². The number of aromatic amines is 1. The lowest BCUT2D eigenvalue weighted by molar-refractivity contribution is 0.0781. The number of imidazole rings is 1. The highest BCUT2D eigenvalue weighted by Crippen LogP contribution is 2.30. The van der Waals surface area contributed by atoms with Crippen molar-refractivity contribution in [1.29, 1.82) is 0 Å². The van der Waals surface area contributed by atoms with Gasteiger partial charge < -0.3 is 24.7 Å². The van der Waals surface area contributed by atoms with Crippen LogP contribution in [-0.4, -0.2) is 74.4 Å². The Labute approximate surface area is 191 Å². The maximum absolute atomic E-state index is 12.8. The van der Waals surface area contributed by atoms with Crippen molar-refractivity contribution in [3.05, 3.63) is 53.7 Å². The minimum atomic E-state index is -0.0833. The number of hydrogen-bond acceptors (Lipinski definition) is 6. The van der Waals surface area contributed by atoms with Crippen LogP contribution in [-0.2, 0) is 7.05 Å². The summed E-state index contributed by atoms with van der Waals surface area (Å²) in [6.45, 7) is 1.42. The second-order valence-corrected chi connectivity index (χ2v) is 8.36. The Morgan fingerprint density at radius 3 is 2.69 bits per heavy atom. The van der Waals surface area contributed by atoms with E-state index in [0.717, 1.165) is 23.3 Å². The van der Waals surface area contributed by atoms with Gasteiger partial charge in [0.1, 0.15) is 11.4 Å². The Balaban J connectivity index is 1.57. The number of aryl methyl sites for hydroxylation is 1. The monoisotopic (exact) mass is 452 g/mol. The molecular weight excluding hydrogens is 428 g/mol. The molecule has 10 heteroatoms. The quantitative estimate of drug-likeness (QED) is 0.446. The highest BCUT2D eigenvalue weighted by molar-refractivity contribution is 6.35. The number of H-pyrrole nitrogens is 1. The number of carbonyl (C=O) groups is 1. The van der Waals surface area contributed by atoms with Crippen molar-refractivity contribution < 1.29 is 4.79 Å². The van der Waals surface area contributed by atoms with Crippen molar-refractivity contribution in [1.82, 2.24) is 34.3 Å². The zero-order valence-electron chi connectivity index (χ0n) is 18.4. The molecule has 0 aliphatic heterocycles. The average molecular weight is 453 g/mol. The Hall–Kier alpha value is -3.43. The third-order valence-electron chi connectivity index (χ3n) is 5.02. The predicted octanol–water partition coefficient (Wildman–Crippen LogP) is 3.39. The topological polar surface area (TPSA) is 95.0 Å². The number of rotatable bonds is 7. The molecule has 0 radical (unpaired) electrons. The molecule has 1 aromatic carbocycles. The van der Waals surface area contributed by atoms with Crippen LogP contribution in [0.3, 0.4) is 0 Å². The Kier molecular flexibility index (Phi) is 6.11. The molecule has 0 spiro atoms. The van der Waals surface area contributed by atoms with Gasteiger partial charge in [-0.05, 0) is 38.4 Å². The van der Waals surface area contributed by atoms with Gasteiger partial charge in [-0.25, -0.2) is 15.0 Å². The van der Waals surface area contributed by atoms with E-state index in [1.165, 1.54) is 0 Å². The first-order valence-corrected chi connectivity index (χ1v) is 10.5. The molecule has 166 valence electrons. The number of fused-ring (bicyclic) bond motifs is 1. The maximum atomic E-state index is 12.8. The predicted molar refractivity (Wildman–Crippen MR) is 126 cm³/mol. The van der Waals surface area contributed by atoms with Crippen LogP contribution in [0.25, 0.3) is 22.3 Å². The summed E-state index contributed by atoms with van der Waals surface area (Å²) in [5, 5.41) is 4.52. The van der Waals surface area contributed by atoms with E-state index >= 15 is 0 Å². The highest BCUT2D eigenvalue weighted by atomic mass is 35.5. The lowest BCUT2D eigenvalue weighted by atomic mass is 10.2. The number of halogens is 1.